The number of ether oxygens (including phenoxy) is 1. The Morgan fingerprint density at radius 2 is 1.67 bits per heavy atom. The zero-order valence-corrected chi connectivity index (χ0v) is 16.2. The van der Waals surface area contributed by atoms with Gasteiger partial charge in [-0.2, -0.15) is 0 Å². The molecule has 3 heteroatoms. The number of benzene rings is 3. The average Bonchev–Trinajstić information content (AvgIpc) is 2.64. The van der Waals surface area contributed by atoms with E-state index in [0.717, 1.165) is 34.7 Å². The Labute approximate surface area is 160 Å². The molecule has 0 saturated heterocycles. The summed E-state index contributed by atoms with van der Waals surface area (Å²) in [7, 11) is 0. The minimum absolute atomic E-state index is 0.202. The van der Waals surface area contributed by atoms with Crippen LogP contribution in [0.2, 0.25) is 0 Å². The van der Waals surface area contributed by atoms with Crippen molar-refractivity contribution in [3.63, 3.8) is 0 Å². The molecule has 3 aromatic rings. The van der Waals surface area contributed by atoms with E-state index in [-0.39, 0.29) is 12.6 Å². The summed E-state index contributed by atoms with van der Waals surface area (Å²) in [5, 5.41) is 11.1. The molecule has 0 bridgehead atoms. The number of aliphatic hydroxyl groups is 1. The van der Waals surface area contributed by atoms with Crippen LogP contribution >= 0.6 is 0 Å². The Kier molecular flexibility index (Phi) is 5.62. The minimum Gasteiger partial charge on any atom is -0.456 e. The smallest absolute Gasteiger partial charge is 0.338 e. The quantitative estimate of drug-likeness (QED) is 0.619. The molecule has 0 heterocycles. The monoisotopic (exact) mass is 362 g/mol. The minimum atomic E-state index is -0.511. The normalized spacial score (nSPS) is 11.6. The fraction of sp³-hybridized carbons (Fsp3) is 0.292. The van der Waals surface area contributed by atoms with Crippen LogP contribution in [0.4, 0.5) is 0 Å². The number of rotatable bonds is 5. The van der Waals surface area contributed by atoms with Crippen LogP contribution in [0, 0.1) is 0 Å². The highest BCUT2D eigenvalue weighted by Crippen LogP contribution is 2.27. The van der Waals surface area contributed by atoms with Gasteiger partial charge in [0.1, 0.15) is 5.60 Å². The van der Waals surface area contributed by atoms with Gasteiger partial charge in [0, 0.05) is 6.61 Å². The predicted molar refractivity (Wildman–Crippen MR) is 110 cm³/mol. The van der Waals surface area contributed by atoms with Crippen molar-refractivity contribution in [1.29, 1.82) is 0 Å². The first-order chi connectivity index (χ1) is 12.9. The van der Waals surface area contributed by atoms with E-state index in [1.807, 2.05) is 45.0 Å². The molecule has 0 aliphatic carbocycles. The molecule has 0 radical (unpaired) electrons. The number of aliphatic hydroxyl groups excluding tert-OH is 1. The third-order valence-electron chi connectivity index (χ3n) is 4.36. The third-order valence-corrected chi connectivity index (χ3v) is 4.36. The Balaban J connectivity index is 1.93. The number of carbonyl (C=O) groups excluding carboxylic acids is 1. The van der Waals surface area contributed by atoms with Crippen LogP contribution < -0.4 is 0 Å². The molecule has 3 rings (SSSR count). The lowest BCUT2D eigenvalue weighted by Gasteiger charge is -2.19. The highest BCUT2D eigenvalue weighted by Gasteiger charge is 2.18. The van der Waals surface area contributed by atoms with E-state index in [4.69, 9.17) is 9.84 Å². The van der Waals surface area contributed by atoms with Crippen LogP contribution in [-0.2, 0) is 11.2 Å². The van der Waals surface area contributed by atoms with Crippen LogP contribution in [0.25, 0.3) is 21.9 Å². The van der Waals surface area contributed by atoms with E-state index in [1.165, 1.54) is 5.56 Å². The van der Waals surface area contributed by atoms with Gasteiger partial charge < -0.3 is 9.84 Å². The van der Waals surface area contributed by atoms with Crippen molar-refractivity contribution in [2.45, 2.75) is 39.2 Å². The number of hydrogen-bond donors (Lipinski definition) is 1. The van der Waals surface area contributed by atoms with Gasteiger partial charge in [0.15, 0.2) is 0 Å². The highest BCUT2D eigenvalue weighted by atomic mass is 16.6. The van der Waals surface area contributed by atoms with Crippen molar-refractivity contribution in [2.24, 2.45) is 0 Å². The van der Waals surface area contributed by atoms with Crippen molar-refractivity contribution in [3.8, 4) is 11.1 Å². The predicted octanol–water partition coefficient (Wildman–Crippen LogP) is 5.39. The maximum Gasteiger partial charge on any atom is 0.338 e. The van der Waals surface area contributed by atoms with E-state index in [1.54, 1.807) is 0 Å². The molecule has 27 heavy (non-hydrogen) atoms. The number of aryl methyl sites for hydroxylation is 1. The van der Waals surface area contributed by atoms with E-state index in [9.17, 15) is 4.79 Å². The number of carbonyl (C=O) groups is 1. The van der Waals surface area contributed by atoms with Crippen LogP contribution in [0.1, 0.15) is 43.1 Å². The van der Waals surface area contributed by atoms with Gasteiger partial charge in [-0.05, 0) is 79.3 Å². The molecular weight excluding hydrogens is 336 g/mol. The van der Waals surface area contributed by atoms with Gasteiger partial charge in [-0.1, -0.05) is 42.5 Å². The van der Waals surface area contributed by atoms with Crippen molar-refractivity contribution in [1.82, 2.24) is 0 Å². The topological polar surface area (TPSA) is 46.5 Å². The number of hydrogen-bond acceptors (Lipinski definition) is 3. The zero-order chi connectivity index (χ0) is 19.4. The molecule has 0 saturated carbocycles. The molecule has 0 unspecified atom stereocenters. The largest absolute Gasteiger partial charge is 0.456 e. The summed E-state index contributed by atoms with van der Waals surface area (Å²) in [6.45, 7) is 5.81. The van der Waals surface area contributed by atoms with Crippen molar-refractivity contribution in [3.05, 3.63) is 71.8 Å². The highest BCUT2D eigenvalue weighted by molar-refractivity contribution is 5.96. The van der Waals surface area contributed by atoms with Crippen molar-refractivity contribution >= 4 is 16.7 Å². The SMILES string of the molecule is CC(C)(C)OC(=O)c1ccc2ccc(-c3cccc(CCCO)c3)cc2c1. The molecule has 0 amide bonds. The Hall–Kier alpha value is -2.65. The fourth-order valence-corrected chi connectivity index (χ4v) is 3.08. The van der Waals surface area contributed by atoms with Crippen molar-refractivity contribution < 1.29 is 14.6 Å². The molecular formula is C24H26O3. The first-order valence-electron chi connectivity index (χ1n) is 9.33. The van der Waals surface area contributed by atoms with Gasteiger partial charge in [-0.3, -0.25) is 0 Å². The van der Waals surface area contributed by atoms with Gasteiger partial charge in [0.05, 0.1) is 5.56 Å². The van der Waals surface area contributed by atoms with E-state index < -0.39 is 5.60 Å². The molecule has 0 atom stereocenters. The fourth-order valence-electron chi connectivity index (χ4n) is 3.08. The molecule has 3 nitrogen and oxygen atoms in total. The summed E-state index contributed by atoms with van der Waals surface area (Å²) in [5.41, 5.74) is 3.50. The molecule has 0 spiro atoms. The lowest BCUT2D eigenvalue weighted by molar-refractivity contribution is 0.00697. The number of esters is 1. The summed E-state index contributed by atoms with van der Waals surface area (Å²) >= 11 is 0. The molecule has 0 aromatic heterocycles. The summed E-state index contributed by atoms with van der Waals surface area (Å²) < 4.78 is 5.48. The van der Waals surface area contributed by atoms with Gasteiger partial charge in [-0.25, -0.2) is 4.79 Å². The standard InChI is InChI=1S/C24H26O3/c1-24(2,3)27-23(26)21-12-10-18-9-11-20(15-22(18)16-21)19-8-4-6-17(14-19)7-5-13-25/h4,6,8-12,14-16,25H,5,7,13H2,1-3H3. The van der Waals surface area contributed by atoms with Gasteiger partial charge in [0.2, 0.25) is 0 Å². The Morgan fingerprint density at radius 3 is 2.41 bits per heavy atom. The van der Waals surface area contributed by atoms with Gasteiger partial charge in [0.25, 0.3) is 0 Å². The van der Waals surface area contributed by atoms with E-state index in [2.05, 4.69) is 36.4 Å². The molecule has 0 aliphatic heterocycles. The first kappa shape index (κ1) is 19.1. The van der Waals surface area contributed by atoms with Crippen LogP contribution in [-0.4, -0.2) is 23.3 Å². The molecule has 0 aliphatic rings. The molecule has 0 fully saturated rings. The Bertz CT molecular complexity index is 951. The van der Waals surface area contributed by atoms with Gasteiger partial charge >= 0.3 is 5.97 Å². The summed E-state index contributed by atoms with van der Waals surface area (Å²) in [6, 6.07) is 20.3. The van der Waals surface area contributed by atoms with Crippen molar-refractivity contribution in [2.75, 3.05) is 6.61 Å². The van der Waals surface area contributed by atoms with E-state index >= 15 is 0 Å². The average molecular weight is 362 g/mol. The summed E-state index contributed by atoms with van der Waals surface area (Å²) in [6.07, 6.45) is 1.63. The second-order valence-corrected chi connectivity index (χ2v) is 7.81. The lowest BCUT2D eigenvalue weighted by atomic mass is 9.97. The second kappa shape index (κ2) is 7.93. The molecule has 3 aromatic carbocycles. The maximum absolute atomic E-state index is 12.4. The lowest BCUT2D eigenvalue weighted by Crippen LogP contribution is -2.23. The zero-order valence-electron chi connectivity index (χ0n) is 16.2. The maximum atomic E-state index is 12.4. The van der Waals surface area contributed by atoms with Gasteiger partial charge in [-0.15, -0.1) is 0 Å². The second-order valence-electron chi connectivity index (χ2n) is 7.81. The van der Waals surface area contributed by atoms with Crippen LogP contribution in [0.15, 0.2) is 60.7 Å². The number of fused-ring (bicyclic) bond motifs is 1. The van der Waals surface area contributed by atoms with Crippen LogP contribution in [0.3, 0.4) is 0 Å². The van der Waals surface area contributed by atoms with Crippen LogP contribution in [0.5, 0.6) is 0 Å². The Morgan fingerprint density at radius 1 is 0.926 bits per heavy atom. The van der Waals surface area contributed by atoms with E-state index in [0.29, 0.717) is 5.56 Å². The molecule has 140 valence electrons. The molecule has 1 N–H and O–H groups in total. The first-order valence-corrected chi connectivity index (χ1v) is 9.33. The summed E-state index contributed by atoms with van der Waals surface area (Å²) in [5.74, 6) is -0.305. The third kappa shape index (κ3) is 4.95. The summed E-state index contributed by atoms with van der Waals surface area (Å²) in [4.78, 5) is 12.4.